The molecule has 2 aromatic carbocycles. The van der Waals surface area contributed by atoms with Gasteiger partial charge in [-0.2, -0.15) is 9.82 Å². The van der Waals surface area contributed by atoms with Crippen molar-refractivity contribution >= 4 is 28.1 Å². The highest BCUT2D eigenvalue weighted by Gasteiger charge is 2.26. The van der Waals surface area contributed by atoms with Crippen LogP contribution < -0.4 is 10.1 Å². The number of amides is 1. The van der Waals surface area contributed by atoms with Crippen LogP contribution >= 0.6 is 0 Å². The van der Waals surface area contributed by atoms with Crippen LogP contribution in [-0.4, -0.2) is 37.7 Å². The third kappa shape index (κ3) is 7.11. The van der Waals surface area contributed by atoms with Crippen LogP contribution in [-0.2, 0) is 14.8 Å². The van der Waals surface area contributed by atoms with Crippen molar-refractivity contribution in [1.29, 1.82) is 0 Å². The highest BCUT2D eigenvalue weighted by molar-refractivity contribution is 7.89. The minimum absolute atomic E-state index is 0.0515. The lowest BCUT2D eigenvalue weighted by Gasteiger charge is -2.19. The standard InChI is InChI=1S/C25H27N3O6S/c1-16(2)14-22(28-35(32,33)21-11-4-17(3)5-12-21)24(29)27-26-15-20-10-13-23(34-20)18-6-8-19(9-7-18)25(30)31/h4-13,15-16,22,28H,14H2,1-3H3,(H,27,29)(H,30,31)/b26-15-/t22-/m0/s1. The first kappa shape index (κ1) is 25.9. The Labute approximate surface area is 203 Å². The Morgan fingerprint density at radius 1 is 1.03 bits per heavy atom. The molecule has 3 aromatic rings. The average Bonchev–Trinajstić information content (AvgIpc) is 3.27. The predicted molar refractivity (Wildman–Crippen MR) is 132 cm³/mol. The van der Waals surface area contributed by atoms with Crippen LogP contribution in [0.15, 0.2) is 75.1 Å². The van der Waals surface area contributed by atoms with Gasteiger partial charge in [-0.15, -0.1) is 0 Å². The van der Waals surface area contributed by atoms with Gasteiger partial charge in [0.1, 0.15) is 17.6 Å². The van der Waals surface area contributed by atoms with E-state index in [1.807, 2.05) is 20.8 Å². The number of hydrogen-bond donors (Lipinski definition) is 3. The van der Waals surface area contributed by atoms with E-state index >= 15 is 0 Å². The zero-order valence-electron chi connectivity index (χ0n) is 19.6. The minimum atomic E-state index is -3.90. The van der Waals surface area contributed by atoms with Gasteiger partial charge in [0.2, 0.25) is 10.0 Å². The van der Waals surface area contributed by atoms with Gasteiger partial charge in [0.25, 0.3) is 5.91 Å². The summed E-state index contributed by atoms with van der Waals surface area (Å²) in [6.07, 6.45) is 1.58. The molecule has 1 heterocycles. The second kappa shape index (κ2) is 11.1. The van der Waals surface area contributed by atoms with Crippen LogP contribution in [0.1, 0.15) is 41.9 Å². The second-order valence-corrected chi connectivity index (χ2v) is 10.1. The van der Waals surface area contributed by atoms with Gasteiger partial charge in [0.05, 0.1) is 16.7 Å². The van der Waals surface area contributed by atoms with Crippen LogP contribution in [0, 0.1) is 12.8 Å². The zero-order chi connectivity index (χ0) is 25.6. The van der Waals surface area contributed by atoms with E-state index in [9.17, 15) is 18.0 Å². The number of nitrogens with zero attached hydrogens (tertiary/aromatic N) is 1. The highest BCUT2D eigenvalue weighted by Crippen LogP contribution is 2.22. The molecule has 0 saturated heterocycles. The number of hydrogen-bond acceptors (Lipinski definition) is 6. The van der Waals surface area contributed by atoms with Crippen molar-refractivity contribution in [1.82, 2.24) is 10.1 Å². The monoisotopic (exact) mass is 497 g/mol. The molecule has 0 aliphatic heterocycles. The maximum atomic E-state index is 12.8. The van der Waals surface area contributed by atoms with E-state index in [-0.39, 0.29) is 22.8 Å². The molecule has 0 spiro atoms. The Balaban J connectivity index is 1.66. The number of carboxylic acids is 1. The molecule has 10 heteroatoms. The van der Waals surface area contributed by atoms with Crippen molar-refractivity contribution < 1.29 is 27.5 Å². The number of benzene rings is 2. The summed E-state index contributed by atoms with van der Waals surface area (Å²) in [7, 11) is -3.90. The molecule has 0 unspecified atom stereocenters. The molecular weight excluding hydrogens is 470 g/mol. The van der Waals surface area contributed by atoms with Crippen molar-refractivity contribution in [3.05, 3.63) is 77.6 Å². The van der Waals surface area contributed by atoms with Gasteiger partial charge in [-0.25, -0.2) is 18.6 Å². The first-order valence-electron chi connectivity index (χ1n) is 10.9. The fourth-order valence-corrected chi connectivity index (χ4v) is 4.45. The first-order chi connectivity index (χ1) is 16.5. The van der Waals surface area contributed by atoms with E-state index < -0.39 is 27.9 Å². The van der Waals surface area contributed by atoms with Crippen LogP contribution in [0.3, 0.4) is 0 Å². The fraction of sp³-hybridized carbons (Fsp3) is 0.240. The number of nitrogens with one attached hydrogen (secondary N) is 2. The summed E-state index contributed by atoms with van der Waals surface area (Å²) in [6, 6.07) is 14.9. The Morgan fingerprint density at radius 2 is 1.69 bits per heavy atom. The lowest BCUT2D eigenvalue weighted by Crippen LogP contribution is -2.46. The summed E-state index contributed by atoms with van der Waals surface area (Å²) in [4.78, 5) is 23.8. The number of carbonyl (C=O) groups is 2. The number of rotatable bonds is 10. The molecule has 35 heavy (non-hydrogen) atoms. The van der Waals surface area contributed by atoms with Gasteiger partial charge < -0.3 is 9.52 Å². The average molecular weight is 498 g/mol. The van der Waals surface area contributed by atoms with Crippen LogP contribution in [0.5, 0.6) is 0 Å². The van der Waals surface area contributed by atoms with Crippen LogP contribution in [0.4, 0.5) is 0 Å². The van der Waals surface area contributed by atoms with Crippen molar-refractivity contribution in [2.24, 2.45) is 11.0 Å². The van der Waals surface area contributed by atoms with Crippen LogP contribution in [0.2, 0.25) is 0 Å². The summed E-state index contributed by atoms with van der Waals surface area (Å²) in [6.45, 7) is 5.63. The molecule has 0 aliphatic rings. The minimum Gasteiger partial charge on any atom is -0.478 e. The molecule has 0 aliphatic carbocycles. The smallest absolute Gasteiger partial charge is 0.335 e. The maximum Gasteiger partial charge on any atom is 0.335 e. The summed E-state index contributed by atoms with van der Waals surface area (Å²) in [5.74, 6) is -0.713. The van der Waals surface area contributed by atoms with Gasteiger partial charge in [-0.05, 0) is 55.7 Å². The molecule has 184 valence electrons. The molecule has 1 atom stereocenters. The quantitative estimate of drug-likeness (QED) is 0.288. The summed E-state index contributed by atoms with van der Waals surface area (Å²) >= 11 is 0. The second-order valence-electron chi connectivity index (χ2n) is 8.44. The Bertz CT molecular complexity index is 1310. The van der Waals surface area contributed by atoms with E-state index in [2.05, 4.69) is 15.2 Å². The third-order valence-electron chi connectivity index (χ3n) is 5.06. The topological polar surface area (TPSA) is 138 Å². The lowest BCUT2D eigenvalue weighted by molar-refractivity contribution is -0.123. The Hall–Kier alpha value is -3.76. The lowest BCUT2D eigenvalue weighted by atomic mass is 10.0. The van der Waals surface area contributed by atoms with Gasteiger partial charge in [0.15, 0.2) is 0 Å². The first-order valence-corrected chi connectivity index (χ1v) is 12.4. The number of hydrazone groups is 1. The number of carboxylic acid groups (broad SMARTS) is 1. The Morgan fingerprint density at radius 3 is 2.29 bits per heavy atom. The molecule has 0 bridgehead atoms. The van der Waals surface area contributed by atoms with Gasteiger partial charge in [-0.1, -0.05) is 43.7 Å². The molecule has 1 amide bonds. The van der Waals surface area contributed by atoms with Crippen molar-refractivity contribution in [2.45, 2.75) is 38.1 Å². The molecule has 0 fully saturated rings. The number of carbonyl (C=O) groups excluding carboxylic acids is 1. The van der Waals surface area contributed by atoms with E-state index in [1.54, 1.807) is 36.4 Å². The zero-order valence-corrected chi connectivity index (χ0v) is 20.4. The van der Waals surface area contributed by atoms with Crippen molar-refractivity contribution in [3.8, 4) is 11.3 Å². The predicted octanol–water partition coefficient (Wildman–Crippen LogP) is 3.80. The van der Waals surface area contributed by atoms with Gasteiger partial charge >= 0.3 is 5.97 Å². The fourth-order valence-electron chi connectivity index (χ4n) is 3.24. The number of furan rings is 1. The number of aryl methyl sites for hydroxylation is 1. The van der Waals surface area contributed by atoms with E-state index in [1.165, 1.54) is 30.5 Å². The molecular formula is C25H27N3O6S. The van der Waals surface area contributed by atoms with E-state index in [4.69, 9.17) is 9.52 Å². The highest BCUT2D eigenvalue weighted by atomic mass is 32.2. The summed E-state index contributed by atoms with van der Waals surface area (Å²) < 4.78 is 33.6. The third-order valence-corrected chi connectivity index (χ3v) is 6.55. The molecule has 0 saturated carbocycles. The maximum absolute atomic E-state index is 12.8. The normalized spacial score (nSPS) is 12.7. The number of sulfonamides is 1. The van der Waals surface area contributed by atoms with E-state index in [0.29, 0.717) is 17.1 Å². The SMILES string of the molecule is Cc1ccc(S(=O)(=O)N[C@@H](CC(C)C)C(=O)N/N=C\c2ccc(-c3ccc(C(=O)O)cc3)o2)cc1. The van der Waals surface area contributed by atoms with E-state index in [0.717, 1.165) is 5.56 Å². The molecule has 0 radical (unpaired) electrons. The number of aromatic carboxylic acids is 1. The van der Waals surface area contributed by atoms with Gasteiger partial charge in [0, 0.05) is 5.56 Å². The van der Waals surface area contributed by atoms with Gasteiger partial charge in [-0.3, -0.25) is 4.79 Å². The molecule has 3 rings (SSSR count). The molecule has 3 N–H and O–H groups in total. The van der Waals surface area contributed by atoms with Crippen LogP contribution in [0.25, 0.3) is 11.3 Å². The summed E-state index contributed by atoms with van der Waals surface area (Å²) in [5.41, 5.74) is 4.14. The molecule has 1 aromatic heterocycles. The molecule has 9 nitrogen and oxygen atoms in total. The van der Waals surface area contributed by atoms with Crippen molar-refractivity contribution in [3.63, 3.8) is 0 Å². The van der Waals surface area contributed by atoms with Crippen molar-refractivity contribution in [2.75, 3.05) is 0 Å². The summed E-state index contributed by atoms with van der Waals surface area (Å²) in [5, 5.41) is 12.9. The largest absolute Gasteiger partial charge is 0.478 e. The Kier molecular flexibility index (Phi) is 8.21.